The lowest BCUT2D eigenvalue weighted by Crippen LogP contribution is -2.22. The van der Waals surface area contributed by atoms with Crippen molar-refractivity contribution < 1.29 is 21.6 Å². The number of halogens is 3. The Morgan fingerprint density at radius 2 is 1.80 bits per heavy atom. The molecule has 0 unspecified atom stereocenters. The predicted molar refractivity (Wildman–Crippen MR) is 48.0 cm³/mol. The molecule has 1 aromatic rings. The van der Waals surface area contributed by atoms with Crippen LogP contribution in [-0.4, -0.2) is 14.7 Å². The van der Waals surface area contributed by atoms with Crippen molar-refractivity contribution in [2.75, 3.05) is 6.26 Å². The molecule has 1 N–H and O–H groups in total. The summed E-state index contributed by atoms with van der Waals surface area (Å²) >= 11 is 0. The topological polar surface area (TPSA) is 46.2 Å². The first-order chi connectivity index (χ1) is 6.81. The van der Waals surface area contributed by atoms with Gasteiger partial charge >= 0.3 is 0 Å². The van der Waals surface area contributed by atoms with E-state index in [0.717, 1.165) is 18.4 Å². The fraction of sp³-hybridized carbons (Fsp3) is 0.250. The Morgan fingerprint density at radius 3 is 2.33 bits per heavy atom. The summed E-state index contributed by atoms with van der Waals surface area (Å²) in [6.07, 6.45) is 0.880. The van der Waals surface area contributed by atoms with Crippen molar-refractivity contribution in [2.24, 2.45) is 0 Å². The zero-order chi connectivity index (χ0) is 11.6. The summed E-state index contributed by atoms with van der Waals surface area (Å²) in [6.45, 7) is -0.415. The van der Waals surface area contributed by atoms with Crippen LogP contribution in [-0.2, 0) is 16.6 Å². The molecule has 0 saturated carbocycles. The highest BCUT2D eigenvalue weighted by atomic mass is 32.2. The van der Waals surface area contributed by atoms with Gasteiger partial charge in [0, 0.05) is 12.1 Å². The second kappa shape index (κ2) is 4.19. The molecule has 84 valence electrons. The Hall–Kier alpha value is -1.08. The van der Waals surface area contributed by atoms with Gasteiger partial charge in [0.2, 0.25) is 10.0 Å². The van der Waals surface area contributed by atoms with E-state index in [0.29, 0.717) is 0 Å². The second-order valence-corrected chi connectivity index (χ2v) is 4.76. The van der Waals surface area contributed by atoms with Gasteiger partial charge in [-0.05, 0) is 6.07 Å². The van der Waals surface area contributed by atoms with Crippen LogP contribution in [0, 0.1) is 17.5 Å². The quantitative estimate of drug-likeness (QED) is 0.804. The van der Waals surface area contributed by atoms with Crippen LogP contribution in [0.25, 0.3) is 0 Å². The Bertz CT molecular complexity index is 473. The van der Waals surface area contributed by atoms with Gasteiger partial charge in [-0.1, -0.05) is 6.07 Å². The third-order valence-corrected chi connectivity index (χ3v) is 2.31. The summed E-state index contributed by atoms with van der Waals surface area (Å²) in [5, 5.41) is 0. The predicted octanol–water partition coefficient (Wildman–Crippen LogP) is 1.15. The third-order valence-electron chi connectivity index (χ3n) is 1.64. The Balaban J connectivity index is 2.93. The maximum atomic E-state index is 13.0. The van der Waals surface area contributed by atoms with Crippen LogP contribution in [0.2, 0.25) is 0 Å². The minimum Gasteiger partial charge on any atom is -0.213 e. The molecular weight excluding hydrogens is 231 g/mol. The average molecular weight is 239 g/mol. The van der Waals surface area contributed by atoms with E-state index in [1.807, 2.05) is 4.72 Å². The molecule has 0 radical (unpaired) electrons. The lowest BCUT2D eigenvalue weighted by atomic mass is 10.2. The molecule has 0 bridgehead atoms. The zero-order valence-electron chi connectivity index (χ0n) is 7.72. The molecule has 1 aromatic carbocycles. The van der Waals surface area contributed by atoms with Gasteiger partial charge in [-0.15, -0.1) is 0 Å². The second-order valence-electron chi connectivity index (χ2n) is 2.93. The van der Waals surface area contributed by atoms with Crippen molar-refractivity contribution in [1.29, 1.82) is 0 Å². The smallest absolute Gasteiger partial charge is 0.209 e. The van der Waals surface area contributed by atoms with Gasteiger partial charge in [0.05, 0.1) is 6.26 Å². The van der Waals surface area contributed by atoms with Crippen LogP contribution in [0.4, 0.5) is 13.2 Å². The molecule has 1 rings (SSSR count). The van der Waals surface area contributed by atoms with E-state index in [1.54, 1.807) is 0 Å². The molecule has 0 aliphatic carbocycles. The van der Waals surface area contributed by atoms with Gasteiger partial charge in [0.1, 0.15) is 0 Å². The first-order valence-electron chi connectivity index (χ1n) is 3.88. The number of hydrogen-bond acceptors (Lipinski definition) is 2. The van der Waals surface area contributed by atoms with Gasteiger partial charge in [-0.25, -0.2) is 26.3 Å². The molecule has 0 amide bonds. The molecule has 7 heteroatoms. The molecule has 0 saturated heterocycles. The van der Waals surface area contributed by atoms with Gasteiger partial charge in [-0.2, -0.15) is 0 Å². The lowest BCUT2D eigenvalue weighted by Gasteiger charge is -2.04. The summed E-state index contributed by atoms with van der Waals surface area (Å²) in [5.41, 5.74) is -0.251. The maximum absolute atomic E-state index is 13.0. The fourth-order valence-corrected chi connectivity index (χ4v) is 1.33. The highest BCUT2D eigenvalue weighted by Crippen LogP contribution is 2.14. The fourth-order valence-electron chi connectivity index (χ4n) is 0.911. The van der Waals surface area contributed by atoms with E-state index in [9.17, 15) is 21.6 Å². The summed E-state index contributed by atoms with van der Waals surface area (Å²) in [6, 6.07) is 1.71. The monoisotopic (exact) mass is 239 g/mol. The maximum Gasteiger partial charge on any atom is 0.209 e. The van der Waals surface area contributed by atoms with Crippen molar-refractivity contribution in [3.63, 3.8) is 0 Å². The number of nitrogens with one attached hydrogen (secondary N) is 1. The highest BCUT2D eigenvalue weighted by Gasteiger charge is 2.13. The minimum absolute atomic E-state index is 0.251. The molecule has 3 nitrogen and oxygen atoms in total. The molecule has 0 heterocycles. The molecule has 0 aliphatic heterocycles. The number of benzene rings is 1. The Morgan fingerprint density at radius 1 is 1.20 bits per heavy atom. The number of hydrogen-bond donors (Lipinski definition) is 1. The highest BCUT2D eigenvalue weighted by molar-refractivity contribution is 7.88. The van der Waals surface area contributed by atoms with Crippen molar-refractivity contribution in [1.82, 2.24) is 4.72 Å². The molecule has 15 heavy (non-hydrogen) atoms. The van der Waals surface area contributed by atoms with Crippen LogP contribution < -0.4 is 4.72 Å². The van der Waals surface area contributed by atoms with E-state index < -0.39 is 34.0 Å². The van der Waals surface area contributed by atoms with E-state index in [-0.39, 0.29) is 5.56 Å². The van der Waals surface area contributed by atoms with Crippen molar-refractivity contribution >= 4 is 10.0 Å². The summed E-state index contributed by atoms with van der Waals surface area (Å²) in [4.78, 5) is 0. The average Bonchev–Trinajstić information content (AvgIpc) is 2.12. The molecule has 0 fully saturated rings. The van der Waals surface area contributed by atoms with Gasteiger partial charge in [-0.3, -0.25) is 0 Å². The summed E-state index contributed by atoms with van der Waals surface area (Å²) in [7, 11) is -3.49. The minimum atomic E-state index is -3.49. The lowest BCUT2D eigenvalue weighted by molar-refractivity contribution is 0.440. The molecule has 0 aromatic heterocycles. The van der Waals surface area contributed by atoms with Crippen LogP contribution in [0.1, 0.15) is 5.56 Å². The first kappa shape index (κ1) is 12.0. The standard InChI is InChI=1S/C8H8F3NO2S/c1-15(13,14)12-4-5-2-3-6(9)8(11)7(5)10/h2-3,12H,4H2,1H3. The van der Waals surface area contributed by atoms with E-state index >= 15 is 0 Å². The van der Waals surface area contributed by atoms with Crippen LogP contribution in [0.15, 0.2) is 12.1 Å². The number of sulfonamides is 1. The SMILES string of the molecule is CS(=O)(=O)NCc1ccc(F)c(F)c1F. The van der Waals surface area contributed by atoms with Crippen LogP contribution in [0.5, 0.6) is 0 Å². The summed E-state index contributed by atoms with van der Waals surface area (Å²) in [5.74, 6) is -4.30. The van der Waals surface area contributed by atoms with E-state index in [1.165, 1.54) is 0 Å². The largest absolute Gasteiger partial charge is 0.213 e. The van der Waals surface area contributed by atoms with Crippen LogP contribution >= 0.6 is 0 Å². The van der Waals surface area contributed by atoms with Crippen molar-refractivity contribution in [3.8, 4) is 0 Å². The first-order valence-corrected chi connectivity index (χ1v) is 5.77. The zero-order valence-corrected chi connectivity index (χ0v) is 8.54. The Kier molecular flexibility index (Phi) is 3.35. The summed E-state index contributed by atoms with van der Waals surface area (Å²) < 4.78 is 61.5. The number of rotatable bonds is 3. The Labute approximate surface area is 85.0 Å². The van der Waals surface area contributed by atoms with E-state index in [2.05, 4.69) is 0 Å². The van der Waals surface area contributed by atoms with E-state index in [4.69, 9.17) is 0 Å². The van der Waals surface area contributed by atoms with Gasteiger partial charge in [0.25, 0.3) is 0 Å². The van der Waals surface area contributed by atoms with Crippen LogP contribution in [0.3, 0.4) is 0 Å². The van der Waals surface area contributed by atoms with Crippen molar-refractivity contribution in [3.05, 3.63) is 35.1 Å². The van der Waals surface area contributed by atoms with Crippen molar-refractivity contribution in [2.45, 2.75) is 6.54 Å². The molecular formula is C8H8F3NO2S. The third kappa shape index (κ3) is 3.21. The normalized spacial score (nSPS) is 11.7. The van der Waals surface area contributed by atoms with Gasteiger partial charge < -0.3 is 0 Å². The molecule has 0 aliphatic rings. The van der Waals surface area contributed by atoms with Gasteiger partial charge in [0.15, 0.2) is 17.5 Å². The molecule has 0 atom stereocenters. The molecule has 0 spiro atoms.